The molecule has 2 atom stereocenters. The maximum atomic E-state index is 12.5. The molecule has 0 radical (unpaired) electrons. The maximum Gasteiger partial charge on any atom is 0.224 e. The molecular formula is C30H36N4O. The Labute approximate surface area is 209 Å². The van der Waals surface area contributed by atoms with E-state index in [2.05, 4.69) is 70.7 Å². The lowest BCUT2D eigenvalue weighted by Crippen LogP contribution is -2.43. The summed E-state index contributed by atoms with van der Waals surface area (Å²) in [5.41, 5.74) is 7.03. The van der Waals surface area contributed by atoms with Crippen LogP contribution in [-0.4, -0.2) is 34.9 Å². The topological polar surface area (TPSA) is 48.5 Å². The van der Waals surface area contributed by atoms with Gasteiger partial charge >= 0.3 is 0 Å². The molecule has 1 saturated heterocycles. The number of nitrogens with zero attached hydrogens (tertiary/aromatic N) is 3. The summed E-state index contributed by atoms with van der Waals surface area (Å²) in [5, 5.41) is 3.63. The first-order valence-corrected chi connectivity index (χ1v) is 12.9. The Morgan fingerprint density at radius 1 is 1.00 bits per heavy atom. The van der Waals surface area contributed by atoms with Gasteiger partial charge in [0.05, 0.1) is 6.04 Å². The Bertz CT molecular complexity index is 1170. The lowest BCUT2D eigenvalue weighted by Gasteiger charge is -2.39. The molecule has 0 bridgehead atoms. The highest BCUT2D eigenvalue weighted by Crippen LogP contribution is 2.41. The number of pyridine rings is 1. The molecule has 1 N–H and O–H groups in total. The molecule has 5 nitrogen and oxygen atoms in total. The van der Waals surface area contributed by atoms with E-state index in [1.165, 1.54) is 49.0 Å². The SMILES string of the molecule is CC(=O)N1c2ccc(-c3ccc(CN4CCCCC4)cc3)cc2[C@H](Nc2ccc(C)cn2)C[C@@H]1C. The minimum atomic E-state index is 0.0838. The van der Waals surface area contributed by atoms with Crippen LogP contribution < -0.4 is 10.2 Å². The van der Waals surface area contributed by atoms with Gasteiger partial charge in [-0.1, -0.05) is 42.8 Å². The van der Waals surface area contributed by atoms with Gasteiger partial charge in [0.1, 0.15) is 5.82 Å². The largest absolute Gasteiger partial charge is 0.363 e. The number of benzene rings is 2. The Morgan fingerprint density at radius 3 is 2.43 bits per heavy atom. The van der Waals surface area contributed by atoms with Crippen molar-refractivity contribution in [2.24, 2.45) is 0 Å². The van der Waals surface area contributed by atoms with Crippen molar-refractivity contribution >= 4 is 17.4 Å². The maximum absolute atomic E-state index is 12.5. The zero-order valence-electron chi connectivity index (χ0n) is 21.1. The molecule has 35 heavy (non-hydrogen) atoms. The summed E-state index contributed by atoms with van der Waals surface area (Å²) in [7, 11) is 0. The normalized spacial score (nSPS) is 20.4. The van der Waals surface area contributed by atoms with Gasteiger partial charge in [-0.2, -0.15) is 0 Å². The first-order chi connectivity index (χ1) is 17.0. The molecular weight excluding hydrogens is 432 g/mol. The molecule has 0 saturated carbocycles. The predicted molar refractivity (Wildman–Crippen MR) is 144 cm³/mol. The fourth-order valence-electron chi connectivity index (χ4n) is 5.57. The summed E-state index contributed by atoms with van der Waals surface area (Å²) >= 11 is 0. The molecule has 0 aliphatic carbocycles. The Hall–Kier alpha value is -3.18. The van der Waals surface area contributed by atoms with Crippen LogP contribution in [0.4, 0.5) is 11.5 Å². The lowest BCUT2D eigenvalue weighted by atomic mass is 9.89. The number of aromatic nitrogens is 1. The molecule has 182 valence electrons. The van der Waals surface area contributed by atoms with Gasteiger partial charge in [-0.05, 0) is 92.2 Å². The van der Waals surface area contributed by atoms with Crippen LogP contribution in [-0.2, 0) is 11.3 Å². The average Bonchev–Trinajstić information content (AvgIpc) is 2.86. The quantitative estimate of drug-likeness (QED) is 0.475. The average molecular weight is 469 g/mol. The van der Waals surface area contributed by atoms with Crippen LogP contribution in [0, 0.1) is 6.92 Å². The van der Waals surface area contributed by atoms with E-state index in [1.54, 1.807) is 6.92 Å². The number of nitrogens with one attached hydrogen (secondary N) is 1. The molecule has 0 unspecified atom stereocenters. The standard InChI is InChI=1S/C30H36N4O/c1-21-7-14-30(31-19-21)32-28-17-22(2)34(23(3)35)29-13-12-26(18-27(28)29)25-10-8-24(9-11-25)20-33-15-5-4-6-16-33/h7-14,18-19,22,28H,4-6,15-17,20H2,1-3H3,(H,31,32)/t22-,28+/m0/s1. The Balaban J connectivity index is 1.43. The van der Waals surface area contributed by atoms with Crippen LogP contribution in [0.25, 0.3) is 11.1 Å². The fourth-order valence-corrected chi connectivity index (χ4v) is 5.57. The second kappa shape index (κ2) is 10.2. The lowest BCUT2D eigenvalue weighted by molar-refractivity contribution is -0.117. The third-order valence-corrected chi connectivity index (χ3v) is 7.39. The van der Waals surface area contributed by atoms with E-state index in [1.807, 2.05) is 24.1 Å². The van der Waals surface area contributed by atoms with Crippen LogP contribution in [0.1, 0.15) is 62.3 Å². The zero-order chi connectivity index (χ0) is 24.4. The minimum Gasteiger partial charge on any atom is -0.363 e. The molecule has 5 heteroatoms. The molecule has 3 aromatic rings. The Morgan fingerprint density at radius 2 is 1.74 bits per heavy atom. The second-order valence-corrected chi connectivity index (χ2v) is 10.2. The van der Waals surface area contributed by atoms with Crippen LogP contribution >= 0.6 is 0 Å². The van der Waals surface area contributed by atoms with Gasteiger partial charge in [0, 0.05) is 31.4 Å². The highest BCUT2D eigenvalue weighted by molar-refractivity contribution is 5.94. The van der Waals surface area contributed by atoms with E-state index < -0.39 is 0 Å². The number of carbonyl (C=O) groups is 1. The van der Waals surface area contributed by atoms with Gasteiger partial charge in [0.2, 0.25) is 5.91 Å². The number of carbonyl (C=O) groups excluding carboxylic acids is 1. The summed E-state index contributed by atoms with van der Waals surface area (Å²) in [6.07, 6.45) is 6.72. The molecule has 2 aliphatic heterocycles. The van der Waals surface area contributed by atoms with E-state index in [4.69, 9.17) is 0 Å². The van der Waals surface area contributed by atoms with Crippen molar-refractivity contribution < 1.29 is 4.79 Å². The molecule has 1 fully saturated rings. The fraction of sp³-hybridized carbons (Fsp3) is 0.400. The van der Waals surface area contributed by atoms with Crippen molar-refractivity contribution in [1.82, 2.24) is 9.88 Å². The third-order valence-electron chi connectivity index (χ3n) is 7.39. The van der Waals surface area contributed by atoms with Crippen molar-refractivity contribution in [2.45, 2.75) is 65.1 Å². The van der Waals surface area contributed by atoms with Crippen LogP contribution in [0.3, 0.4) is 0 Å². The van der Waals surface area contributed by atoms with Gasteiger partial charge in [-0.3, -0.25) is 9.69 Å². The van der Waals surface area contributed by atoms with Crippen LogP contribution in [0.2, 0.25) is 0 Å². The van der Waals surface area contributed by atoms with Gasteiger partial charge in [0.25, 0.3) is 0 Å². The number of hydrogen-bond donors (Lipinski definition) is 1. The molecule has 2 aliphatic rings. The monoisotopic (exact) mass is 468 g/mol. The minimum absolute atomic E-state index is 0.0838. The number of fused-ring (bicyclic) bond motifs is 1. The van der Waals surface area contributed by atoms with E-state index in [-0.39, 0.29) is 18.0 Å². The first-order valence-electron chi connectivity index (χ1n) is 12.9. The highest BCUT2D eigenvalue weighted by Gasteiger charge is 2.32. The third kappa shape index (κ3) is 5.25. The van der Waals surface area contributed by atoms with Gasteiger partial charge in [-0.25, -0.2) is 4.98 Å². The summed E-state index contributed by atoms with van der Waals surface area (Å²) < 4.78 is 0. The van der Waals surface area contributed by atoms with Crippen LogP contribution in [0.15, 0.2) is 60.8 Å². The highest BCUT2D eigenvalue weighted by atomic mass is 16.2. The first kappa shape index (κ1) is 23.6. The molecule has 1 aromatic heterocycles. The number of amides is 1. The summed E-state index contributed by atoms with van der Waals surface area (Å²) in [4.78, 5) is 21.6. The van der Waals surface area contributed by atoms with E-state index >= 15 is 0 Å². The van der Waals surface area contributed by atoms with Crippen molar-refractivity contribution in [1.29, 1.82) is 0 Å². The number of rotatable bonds is 5. The second-order valence-electron chi connectivity index (χ2n) is 10.2. The number of hydrogen-bond acceptors (Lipinski definition) is 4. The van der Waals surface area contributed by atoms with Crippen molar-refractivity contribution in [3.8, 4) is 11.1 Å². The number of anilines is 2. The van der Waals surface area contributed by atoms with E-state index in [0.717, 1.165) is 35.6 Å². The van der Waals surface area contributed by atoms with Crippen molar-refractivity contribution in [3.05, 3.63) is 77.5 Å². The van der Waals surface area contributed by atoms with Crippen molar-refractivity contribution in [3.63, 3.8) is 0 Å². The molecule has 1 amide bonds. The smallest absolute Gasteiger partial charge is 0.224 e. The van der Waals surface area contributed by atoms with Gasteiger partial charge in [0.15, 0.2) is 0 Å². The van der Waals surface area contributed by atoms with Gasteiger partial charge in [-0.15, -0.1) is 0 Å². The molecule has 0 spiro atoms. The predicted octanol–water partition coefficient (Wildman–Crippen LogP) is 6.34. The van der Waals surface area contributed by atoms with E-state index in [9.17, 15) is 4.79 Å². The van der Waals surface area contributed by atoms with Gasteiger partial charge < -0.3 is 10.2 Å². The molecule has 3 heterocycles. The Kier molecular flexibility index (Phi) is 6.87. The molecule has 5 rings (SSSR count). The summed E-state index contributed by atoms with van der Waals surface area (Å²) in [5.74, 6) is 0.947. The van der Waals surface area contributed by atoms with E-state index in [0.29, 0.717) is 0 Å². The number of piperidine rings is 1. The number of likely N-dealkylation sites (tertiary alicyclic amines) is 1. The molecule has 2 aromatic carbocycles. The zero-order valence-corrected chi connectivity index (χ0v) is 21.1. The van der Waals surface area contributed by atoms with Crippen molar-refractivity contribution in [2.75, 3.05) is 23.3 Å². The summed E-state index contributed by atoms with van der Waals surface area (Å²) in [6.45, 7) is 9.28. The van der Waals surface area contributed by atoms with Crippen LogP contribution in [0.5, 0.6) is 0 Å². The summed E-state index contributed by atoms with van der Waals surface area (Å²) in [6, 6.07) is 19.8. The number of aryl methyl sites for hydroxylation is 1.